The third kappa shape index (κ3) is 5.12. The fraction of sp³-hybridized carbons (Fsp3) is 0.0189. The van der Waals surface area contributed by atoms with E-state index in [0.717, 1.165) is 44.8 Å². The lowest BCUT2D eigenvalue weighted by Gasteiger charge is -2.40. The molecule has 56 heavy (non-hydrogen) atoms. The molecule has 0 saturated carbocycles. The average Bonchev–Trinajstić information content (AvgIpc) is 3.57. The van der Waals surface area contributed by atoms with Crippen molar-refractivity contribution in [3.63, 3.8) is 0 Å². The van der Waals surface area contributed by atoms with Crippen molar-refractivity contribution in [1.29, 1.82) is 0 Å². The van der Waals surface area contributed by atoms with Gasteiger partial charge in [0.15, 0.2) is 5.82 Å². The molecule has 0 N–H and O–H groups in total. The predicted octanol–water partition coefficient (Wildman–Crippen LogP) is 13.6. The number of fused-ring (bicyclic) bond motifs is 9. The van der Waals surface area contributed by atoms with Gasteiger partial charge in [-0.05, 0) is 79.9 Å². The molecule has 1 aliphatic heterocycles. The van der Waals surface area contributed by atoms with Crippen LogP contribution < -0.4 is 0 Å². The van der Waals surface area contributed by atoms with E-state index < -0.39 is 5.41 Å². The number of aromatic nitrogens is 2. The van der Waals surface area contributed by atoms with Crippen LogP contribution in [0, 0.1) is 0 Å². The van der Waals surface area contributed by atoms with Gasteiger partial charge in [-0.3, -0.25) is 0 Å². The van der Waals surface area contributed by atoms with Crippen LogP contribution in [0.15, 0.2) is 216 Å². The van der Waals surface area contributed by atoms with E-state index in [4.69, 9.17) is 9.97 Å². The van der Waals surface area contributed by atoms with Crippen LogP contribution in [0.2, 0.25) is 0 Å². The fourth-order valence-corrected chi connectivity index (χ4v) is 10.2. The van der Waals surface area contributed by atoms with Gasteiger partial charge < -0.3 is 0 Å². The Morgan fingerprint density at radius 3 is 1.46 bits per heavy atom. The molecule has 0 unspecified atom stereocenters. The highest BCUT2D eigenvalue weighted by molar-refractivity contribution is 7.99. The molecule has 0 bridgehead atoms. The molecule has 0 amide bonds. The highest BCUT2D eigenvalue weighted by atomic mass is 32.2. The van der Waals surface area contributed by atoms with Crippen molar-refractivity contribution in [2.75, 3.05) is 0 Å². The molecule has 0 atom stereocenters. The molecular formula is C53H34N2S. The van der Waals surface area contributed by atoms with Crippen molar-refractivity contribution in [2.45, 2.75) is 15.2 Å². The SMILES string of the molecule is c1ccc(-c2cccc(-c3cc(-c4cccc5c4Sc4ccccc4C54c5ccccc5-c5ccccc54)nc(-c4cccc(-c5ccccc5)c4)n3)c2)cc1. The third-order valence-electron chi connectivity index (χ3n) is 11.4. The maximum Gasteiger partial charge on any atom is 0.160 e. The van der Waals surface area contributed by atoms with E-state index >= 15 is 0 Å². The van der Waals surface area contributed by atoms with Gasteiger partial charge in [-0.1, -0.05) is 194 Å². The molecular weight excluding hydrogens is 697 g/mol. The number of nitrogens with zero attached hydrogens (tertiary/aromatic N) is 2. The second-order valence-electron chi connectivity index (χ2n) is 14.5. The van der Waals surface area contributed by atoms with Crippen LogP contribution >= 0.6 is 11.8 Å². The van der Waals surface area contributed by atoms with Crippen LogP contribution in [0.3, 0.4) is 0 Å². The Hall–Kier alpha value is -6.81. The second-order valence-corrected chi connectivity index (χ2v) is 15.5. The van der Waals surface area contributed by atoms with Gasteiger partial charge in [-0.2, -0.15) is 0 Å². The minimum atomic E-state index is -0.465. The number of hydrogen-bond donors (Lipinski definition) is 0. The Morgan fingerprint density at radius 1 is 0.321 bits per heavy atom. The number of benzene rings is 8. The molecule has 0 fully saturated rings. The van der Waals surface area contributed by atoms with E-state index in [1.165, 1.54) is 48.7 Å². The van der Waals surface area contributed by atoms with Crippen LogP contribution in [0.5, 0.6) is 0 Å². The molecule has 3 heteroatoms. The quantitative estimate of drug-likeness (QED) is 0.176. The summed E-state index contributed by atoms with van der Waals surface area (Å²) in [5.74, 6) is 0.700. The van der Waals surface area contributed by atoms with Gasteiger partial charge in [-0.25, -0.2) is 9.97 Å². The van der Waals surface area contributed by atoms with E-state index in [0.29, 0.717) is 5.82 Å². The summed E-state index contributed by atoms with van der Waals surface area (Å²) >= 11 is 1.86. The maximum absolute atomic E-state index is 5.46. The van der Waals surface area contributed by atoms with E-state index in [1.807, 2.05) is 11.8 Å². The Labute approximate surface area is 331 Å². The molecule has 2 heterocycles. The Balaban J connectivity index is 1.16. The Kier molecular flexibility index (Phi) is 7.68. The second kappa shape index (κ2) is 13.2. The number of rotatable bonds is 5. The molecule has 2 nitrogen and oxygen atoms in total. The summed E-state index contributed by atoms with van der Waals surface area (Å²) < 4.78 is 0. The lowest BCUT2D eigenvalue weighted by molar-refractivity contribution is 0.723. The van der Waals surface area contributed by atoms with Crippen molar-refractivity contribution < 1.29 is 0 Å². The monoisotopic (exact) mass is 730 g/mol. The summed E-state index contributed by atoms with van der Waals surface area (Å²) in [5.41, 5.74) is 16.9. The van der Waals surface area contributed by atoms with Gasteiger partial charge in [0.1, 0.15) is 0 Å². The summed E-state index contributed by atoms with van der Waals surface area (Å²) in [6.07, 6.45) is 0. The van der Waals surface area contributed by atoms with Gasteiger partial charge in [0.25, 0.3) is 0 Å². The smallest absolute Gasteiger partial charge is 0.160 e. The minimum Gasteiger partial charge on any atom is -0.228 e. The van der Waals surface area contributed by atoms with Crippen LogP contribution in [-0.2, 0) is 5.41 Å². The van der Waals surface area contributed by atoms with Crippen molar-refractivity contribution in [3.8, 4) is 67.3 Å². The third-order valence-corrected chi connectivity index (χ3v) is 12.6. The number of hydrogen-bond acceptors (Lipinski definition) is 3. The van der Waals surface area contributed by atoms with Crippen LogP contribution in [0.25, 0.3) is 67.3 Å². The lowest BCUT2D eigenvalue weighted by Crippen LogP contribution is -2.32. The van der Waals surface area contributed by atoms with Crippen molar-refractivity contribution >= 4 is 11.8 Å². The van der Waals surface area contributed by atoms with Crippen LogP contribution in [0.1, 0.15) is 22.3 Å². The van der Waals surface area contributed by atoms with Crippen LogP contribution in [0.4, 0.5) is 0 Å². The molecule has 9 aromatic rings. The van der Waals surface area contributed by atoms with E-state index in [1.54, 1.807) is 0 Å². The zero-order valence-corrected chi connectivity index (χ0v) is 31.2. The molecule has 0 radical (unpaired) electrons. The molecule has 11 rings (SSSR count). The Morgan fingerprint density at radius 2 is 0.786 bits per heavy atom. The normalized spacial score (nSPS) is 13.1. The molecule has 1 spiro atoms. The zero-order valence-electron chi connectivity index (χ0n) is 30.4. The topological polar surface area (TPSA) is 25.8 Å². The standard InChI is InChI=1S/C53H34N2S/c1-3-16-35(17-4-1)37-20-13-22-39(32-37)48-34-49(55-52(54-48)40-23-14-21-38(33-40)36-18-5-2-6-19-36)43-26-15-30-47-51(43)56-50-31-12-11-29-46(50)53(47)44-27-9-7-24-41(44)42-25-8-10-28-45(42)53/h1-34H. The summed E-state index contributed by atoms with van der Waals surface area (Å²) in [7, 11) is 0. The first-order valence-electron chi connectivity index (χ1n) is 19.1. The van der Waals surface area contributed by atoms with Gasteiger partial charge in [-0.15, -0.1) is 0 Å². The highest BCUT2D eigenvalue weighted by Crippen LogP contribution is 2.63. The highest BCUT2D eigenvalue weighted by Gasteiger charge is 2.50. The molecule has 1 aromatic heterocycles. The Bertz CT molecular complexity index is 2800. The van der Waals surface area contributed by atoms with E-state index in [9.17, 15) is 0 Å². The molecule has 2 aliphatic rings. The summed E-state index contributed by atoms with van der Waals surface area (Å²) in [5, 5.41) is 0. The fourth-order valence-electron chi connectivity index (χ4n) is 8.90. The largest absolute Gasteiger partial charge is 0.228 e. The van der Waals surface area contributed by atoms with E-state index in [-0.39, 0.29) is 0 Å². The predicted molar refractivity (Wildman–Crippen MR) is 231 cm³/mol. The van der Waals surface area contributed by atoms with Crippen LogP contribution in [-0.4, -0.2) is 9.97 Å². The van der Waals surface area contributed by atoms with Gasteiger partial charge >= 0.3 is 0 Å². The first-order chi connectivity index (χ1) is 27.8. The van der Waals surface area contributed by atoms with Crippen molar-refractivity contribution in [1.82, 2.24) is 9.97 Å². The first kappa shape index (κ1) is 32.6. The minimum absolute atomic E-state index is 0.465. The summed E-state index contributed by atoms with van der Waals surface area (Å²) in [6.45, 7) is 0. The lowest BCUT2D eigenvalue weighted by atomic mass is 9.67. The summed E-state index contributed by atoms with van der Waals surface area (Å²) in [6, 6.07) is 74.3. The molecule has 8 aromatic carbocycles. The first-order valence-corrected chi connectivity index (χ1v) is 19.9. The average molecular weight is 731 g/mol. The molecule has 262 valence electrons. The summed E-state index contributed by atoms with van der Waals surface area (Å²) in [4.78, 5) is 13.3. The van der Waals surface area contributed by atoms with Gasteiger partial charge in [0, 0.05) is 26.5 Å². The maximum atomic E-state index is 5.46. The van der Waals surface area contributed by atoms with Gasteiger partial charge in [0.05, 0.1) is 16.8 Å². The van der Waals surface area contributed by atoms with Crippen molar-refractivity contribution in [3.05, 3.63) is 229 Å². The zero-order chi connectivity index (χ0) is 37.1. The van der Waals surface area contributed by atoms with Gasteiger partial charge in [0.2, 0.25) is 0 Å². The van der Waals surface area contributed by atoms with Crippen molar-refractivity contribution in [2.24, 2.45) is 0 Å². The molecule has 0 saturated heterocycles. The molecule has 1 aliphatic carbocycles. The van der Waals surface area contributed by atoms with E-state index in [2.05, 4.69) is 206 Å².